The third-order valence-electron chi connectivity index (χ3n) is 5.54. The summed E-state index contributed by atoms with van der Waals surface area (Å²) >= 11 is 3.09. The van der Waals surface area contributed by atoms with E-state index in [4.69, 9.17) is 5.73 Å². The fourth-order valence-electron chi connectivity index (χ4n) is 3.47. The summed E-state index contributed by atoms with van der Waals surface area (Å²) < 4.78 is 0. The number of amides is 3. The number of benzene rings is 1. The SMILES string of the molecule is CSCCC(N)C(=O)NC(CCSC)C(=O)NC(CC(C)C)C(=O)NC(Cc1ccc(O)cc1)C(=O)O. The largest absolute Gasteiger partial charge is 0.508 e. The van der Waals surface area contributed by atoms with Gasteiger partial charge in [0.25, 0.3) is 0 Å². The van der Waals surface area contributed by atoms with Crippen LogP contribution in [0, 0.1) is 5.92 Å². The summed E-state index contributed by atoms with van der Waals surface area (Å²) in [6.45, 7) is 3.77. The summed E-state index contributed by atoms with van der Waals surface area (Å²) in [5, 5.41) is 27.1. The molecular formula is C25H40N4O6S2. The van der Waals surface area contributed by atoms with E-state index >= 15 is 0 Å². The van der Waals surface area contributed by atoms with E-state index in [0.717, 1.165) is 0 Å². The highest BCUT2D eigenvalue weighted by atomic mass is 32.2. The van der Waals surface area contributed by atoms with Gasteiger partial charge in [0.15, 0.2) is 0 Å². The lowest BCUT2D eigenvalue weighted by Crippen LogP contribution is -2.57. The lowest BCUT2D eigenvalue weighted by Gasteiger charge is -2.26. The van der Waals surface area contributed by atoms with Crippen LogP contribution in [0.4, 0.5) is 0 Å². The first-order chi connectivity index (χ1) is 17.5. The molecule has 0 aromatic heterocycles. The van der Waals surface area contributed by atoms with E-state index in [1.54, 1.807) is 23.9 Å². The van der Waals surface area contributed by atoms with Crippen LogP contribution in [0.5, 0.6) is 5.75 Å². The van der Waals surface area contributed by atoms with Gasteiger partial charge in [-0.05, 0) is 66.9 Å². The Morgan fingerprint density at radius 1 is 0.838 bits per heavy atom. The number of phenols is 1. The number of rotatable bonds is 17. The van der Waals surface area contributed by atoms with Crippen molar-refractivity contribution < 1.29 is 29.4 Å². The molecule has 208 valence electrons. The summed E-state index contributed by atoms with van der Waals surface area (Å²) in [6.07, 6.45) is 4.90. The van der Waals surface area contributed by atoms with E-state index in [1.165, 1.54) is 23.9 Å². The molecule has 10 nitrogen and oxygen atoms in total. The number of hydrogen-bond donors (Lipinski definition) is 6. The van der Waals surface area contributed by atoms with Gasteiger partial charge in [0, 0.05) is 6.42 Å². The van der Waals surface area contributed by atoms with Gasteiger partial charge in [-0.2, -0.15) is 23.5 Å². The number of carboxylic acid groups (broad SMARTS) is 1. The molecule has 1 aromatic carbocycles. The number of nitrogens with one attached hydrogen (secondary N) is 3. The number of carbonyl (C=O) groups excluding carboxylic acids is 3. The molecule has 0 heterocycles. The van der Waals surface area contributed by atoms with Crippen molar-refractivity contribution in [3.05, 3.63) is 29.8 Å². The van der Waals surface area contributed by atoms with Gasteiger partial charge in [-0.15, -0.1) is 0 Å². The first-order valence-corrected chi connectivity index (χ1v) is 14.9. The van der Waals surface area contributed by atoms with E-state index in [9.17, 15) is 29.4 Å². The summed E-state index contributed by atoms with van der Waals surface area (Å²) in [4.78, 5) is 50.7. The summed E-state index contributed by atoms with van der Waals surface area (Å²) in [5.74, 6) is -1.41. The smallest absolute Gasteiger partial charge is 0.326 e. The molecule has 0 bridgehead atoms. The summed E-state index contributed by atoms with van der Waals surface area (Å²) in [7, 11) is 0. The molecule has 0 saturated carbocycles. The Morgan fingerprint density at radius 3 is 1.89 bits per heavy atom. The van der Waals surface area contributed by atoms with Crippen LogP contribution in [0.3, 0.4) is 0 Å². The maximum absolute atomic E-state index is 13.2. The van der Waals surface area contributed by atoms with Crippen molar-refractivity contribution in [2.24, 2.45) is 11.7 Å². The van der Waals surface area contributed by atoms with Gasteiger partial charge in [-0.1, -0.05) is 26.0 Å². The predicted octanol–water partition coefficient (Wildman–Crippen LogP) is 1.35. The molecule has 0 aliphatic heterocycles. The minimum absolute atomic E-state index is 0.00401. The van der Waals surface area contributed by atoms with Gasteiger partial charge in [0.05, 0.1) is 6.04 Å². The molecule has 4 unspecified atom stereocenters. The quantitative estimate of drug-likeness (QED) is 0.166. The topological polar surface area (TPSA) is 171 Å². The third kappa shape index (κ3) is 12.6. The second kappa shape index (κ2) is 17.1. The predicted molar refractivity (Wildman–Crippen MR) is 149 cm³/mol. The molecule has 0 aliphatic rings. The van der Waals surface area contributed by atoms with Gasteiger partial charge in [0.2, 0.25) is 17.7 Å². The number of carboxylic acids is 1. The van der Waals surface area contributed by atoms with Crippen LogP contribution in [0.2, 0.25) is 0 Å². The zero-order chi connectivity index (χ0) is 28.0. The van der Waals surface area contributed by atoms with Crippen molar-refractivity contribution in [1.82, 2.24) is 16.0 Å². The number of nitrogens with two attached hydrogens (primary N) is 1. The van der Waals surface area contributed by atoms with Crippen LogP contribution < -0.4 is 21.7 Å². The molecule has 0 spiro atoms. The standard InChI is InChI=1S/C25H40N4O6S2/c1-15(2)13-20(24(33)29-21(25(34)35)14-16-5-7-17(30)8-6-16)28-23(32)19(10-12-37-4)27-22(31)18(26)9-11-36-3/h5-8,15,18-21,30H,9-14,26H2,1-4H3,(H,27,31)(H,28,32)(H,29,33)(H,34,35). The molecule has 0 fully saturated rings. The fraction of sp³-hybridized carbons (Fsp3) is 0.600. The Balaban J connectivity index is 2.97. The Morgan fingerprint density at radius 2 is 1.35 bits per heavy atom. The molecule has 3 amide bonds. The number of aliphatic carboxylic acids is 1. The maximum atomic E-state index is 13.2. The molecule has 37 heavy (non-hydrogen) atoms. The molecule has 7 N–H and O–H groups in total. The first-order valence-electron chi connectivity index (χ1n) is 12.1. The van der Waals surface area contributed by atoms with Gasteiger partial charge in [-0.25, -0.2) is 4.79 Å². The van der Waals surface area contributed by atoms with E-state index in [-0.39, 0.29) is 24.5 Å². The Bertz CT molecular complexity index is 884. The fourth-order valence-corrected chi connectivity index (χ4v) is 4.44. The Hall–Kier alpha value is -2.44. The van der Waals surface area contributed by atoms with E-state index < -0.39 is 47.9 Å². The first kappa shape index (κ1) is 32.6. The zero-order valence-electron chi connectivity index (χ0n) is 21.9. The number of carbonyl (C=O) groups is 4. The average Bonchev–Trinajstić information content (AvgIpc) is 2.84. The molecule has 1 aromatic rings. The van der Waals surface area contributed by atoms with Crippen molar-refractivity contribution in [2.45, 2.75) is 63.7 Å². The van der Waals surface area contributed by atoms with Crippen molar-refractivity contribution >= 4 is 47.2 Å². The monoisotopic (exact) mass is 556 g/mol. The van der Waals surface area contributed by atoms with E-state index in [1.807, 2.05) is 26.4 Å². The second-order valence-electron chi connectivity index (χ2n) is 9.19. The maximum Gasteiger partial charge on any atom is 0.326 e. The Kier molecular flexibility index (Phi) is 15.1. The molecular weight excluding hydrogens is 516 g/mol. The number of thioether (sulfide) groups is 2. The number of hydrogen-bond acceptors (Lipinski definition) is 8. The summed E-state index contributed by atoms with van der Waals surface area (Å²) in [6, 6.07) is 2.18. The van der Waals surface area contributed by atoms with Crippen LogP contribution in [-0.4, -0.2) is 82.1 Å². The highest BCUT2D eigenvalue weighted by Gasteiger charge is 2.30. The minimum atomic E-state index is -1.23. The lowest BCUT2D eigenvalue weighted by molar-refractivity contribution is -0.142. The molecule has 0 aliphatic carbocycles. The second-order valence-corrected chi connectivity index (χ2v) is 11.2. The van der Waals surface area contributed by atoms with Crippen LogP contribution in [0.25, 0.3) is 0 Å². The molecule has 0 radical (unpaired) electrons. The van der Waals surface area contributed by atoms with Crippen molar-refractivity contribution in [1.29, 1.82) is 0 Å². The van der Waals surface area contributed by atoms with Crippen LogP contribution >= 0.6 is 23.5 Å². The third-order valence-corrected chi connectivity index (χ3v) is 6.83. The lowest BCUT2D eigenvalue weighted by atomic mass is 10.0. The zero-order valence-corrected chi connectivity index (χ0v) is 23.5. The van der Waals surface area contributed by atoms with Gasteiger partial charge in [-0.3, -0.25) is 14.4 Å². The molecule has 0 saturated heterocycles. The van der Waals surface area contributed by atoms with Crippen molar-refractivity contribution in [3.8, 4) is 5.75 Å². The number of aromatic hydroxyl groups is 1. The van der Waals surface area contributed by atoms with Gasteiger partial charge < -0.3 is 31.9 Å². The van der Waals surface area contributed by atoms with Crippen LogP contribution in [-0.2, 0) is 25.6 Å². The minimum Gasteiger partial charge on any atom is -0.508 e. The van der Waals surface area contributed by atoms with E-state index in [2.05, 4.69) is 16.0 Å². The van der Waals surface area contributed by atoms with Gasteiger partial charge >= 0.3 is 5.97 Å². The summed E-state index contributed by atoms with van der Waals surface area (Å²) in [5.41, 5.74) is 6.57. The van der Waals surface area contributed by atoms with Crippen LogP contribution in [0.1, 0.15) is 38.7 Å². The molecule has 1 rings (SSSR count). The molecule has 12 heteroatoms. The van der Waals surface area contributed by atoms with E-state index in [0.29, 0.717) is 29.9 Å². The number of phenolic OH excluding ortho intramolecular Hbond substituents is 1. The average molecular weight is 557 g/mol. The normalized spacial score (nSPS) is 14.3. The van der Waals surface area contributed by atoms with Crippen LogP contribution in [0.15, 0.2) is 24.3 Å². The highest BCUT2D eigenvalue weighted by molar-refractivity contribution is 7.98. The Labute approximate surface area is 227 Å². The van der Waals surface area contributed by atoms with Crippen molar-refractivity contribution in [2.75, 3.05) is 24.0 Å². The van der Waals surface area contributed by atoms with Gasteiger partial charge in [0.1, 0.15) is 23.9 Å². The molecule has 4 atom stereocenters. The highest BCUT2D eigenvalue weighted by Crippen LogP contribution is 2.13. The van der Waals surface area contributed by atoms with Crippen molar-refractivity contribution in [3.63, 3.8) is 0 Å².